The highest BCUT2D eigenvalue weighted by Gasteiger charge is 2.42. The molecule has 3 rings (SSSR count). The van der Waals surface area contributed by atoms with Crippen molar-refractivity contribution >= 4 is 5.91 Å². The standard InChI is InChI=1S/C16H24N2O2/c1-9-7-14(11(3)20-9)10(2)18-16(19)15-13-6-4-5-12(13)8-17-15/h7,10,12-13,15,17H,4-6,8H2,1-3H3,(H,18,19). The van der Waals surface area contributed by atoms with E-state index in [4.69, 9.17) is 4.42 Å². The molecule has 2 heterocycles. The number of furan rings is 1. The lowest BCUT2D eigenvalue weighted by Gasteiger charge is -2.21. The lowest BCUT2D eigenvalue weighted by molar-refractivity contribution is -0.124. The van der Waals surface area contributed by atoms with Gasteiger partial charge in [0.25, 0.3) is 0 Å². The molecule has 1 aromatic heterocycles. The Kier molecular flexibility index (Phi) is 3.59. The predicted molar refractivity (Wildman–Crippen MR) is 77.4 cm³/mol. The van der Waals surface area contributed by atoms with Gasteiger partial charge in [-0.05, 0) is 58.1 Å². The molecule has 2 fully saturated rings. The van der Waals surface area contributed by atoms with Crippen molar-refractivity contribution in [2.75, 3.05) is 6.54 Å². The van der Waals surface area contributed by atoms with Crippen LogP contribution in [0.25, 0.3) is 0 Å². The van der Waals surface area contributed by atoms with E-state index in [1.165, 1.54) is 19.3 Å². The quantitative estimate of drug-likeness (QED) is 0.891. The second-order valence-electron chi connectivity index (χ2n) is 6.34. The molecular formula is C16H24N2O2. The van der Waals surface area contributed by atoms with Crippen LogP contribution >= 0.6 is 0 Å². The molecule has 1 aliphatic heterocycles. The topological polar surface area (TPSA) is 54.3 Å². The summed E-state index contributed by atoms with van der Waals surface area (Å²) in [6, 6.07) is 2.02. The van der Waals surface area contributed by atoms with Gasteiger partial charge in [-0.15, -0.1) is 0 Å². The summed E-state index contributed by atoms with van der Waals surface area (Å²) >= 11 is 0. The van der Waals surface area contributed by atoms with E-state index in [-0.39, 0.29) is 18.0 Å². The fraction of sp³-hybridized carbons (Fsp3) is 0.688. The molecule has 2 N–H and O–H groups in total. The van der Waals surface area contributed by atoms with Crippen LogP contribution in [0.1, 0.15) is 49.3 Å². The van der Waals surface area contributed by atoms with Gasteiger partial charge in [0.15, 0.2) is 0 Å². The van der Waals surface area contributed by atoms with Crippen LogP contribution in [0.4, 0.5) is 0 Å². The van der Waals surface area contributed by atoms with Crippen LogP contribution in [0.5, 0.6) is 0 Å². The van der Waals surface area contributed by atoms with E-state index >= 15 is 0 Å². The molecule has 0 bridgehead atoms. The number of hydrogen-bond donors (Lipinski definition) is 2. The lowest BCUT2D eigenvalue weighted by atomic mass is 9.93. The first-order chi connectivity index (χ1) is 9.56. The van der Waals surface area contributed by atoms with Crippen LogP contribution in [0.15, 0.2) is 10.5 Å². The third kappa shape index (κ3) is 2.37. The molecule has 4 atom stereocenters. The van der Waals surface area contributed by atoms with Gasteiger partial charge in [0.05, 0.1) is 12.1 Å². The summed E-state index contributed by atoms with van der Waals surface area (Å²) in [5.41, 5.74) is 1.08. The molecule has 0 spiro atoms. The Balaban J connectivity index is 1.65. The van der Waals surface area contributed by atoms with Gasteiger partial charge >= 0.3 is 0 Å². The zero-order valence-corrected chi connectivity index (χ0v) is 12.5. The maximum Gasteiger partial charge on any atom is 0.237 e. The second-order valence-corrected chi connectivity index (χ2v) is 6.34. The first kappa shape index (κ1) is 13.7. The fourth-order valence-electron chi connectivity index (χ4n) is 3.94. The number of hydrogen-bond acceptors (Lipinski definition) is 3. The van der Waals surface area contributed by atoms with Crippen molar-refractivity contribution in [2.45, 2.75) is 52.1 Å². The number of aryl methyl sites for hydroxylation is 2. The van der Waals surface area contributed by atoms with Crippen LogP contribution in [0.3, 0.4) is 0 Å². The molecule has 110 valence electrons. The zero-order valence-electron chi connectivity index (χ0n) is 12.5. The number of carbonyl (C=O) groups excluding carboxylic acids is 1. The molecule has 1 saturated heterocycles. The van der Waals surface area contributed by atoms with E-state index in [0.717, 1.165) is 23.6 Å². The molecule has 4 unspecified atom stereocenters. The summed E-state index contributed by atoms with van der Waals surface area (Å²) in [5, 5.41) is 6.54. The molecule has 20 heavy (non-hydrogen) atoms. The fourth-order valence-corrected chi connectivity index (χ4v) is 3.94. The first-order valence-electron chi connectivity index (χ1n) is 7.67. The van der Waals surface area contributed by atoms with E-state index in [0.29, 0.717) is 11.8 Å². The number of fused-ring (bicyclic) bond motifs is 1. The Morgan fingerprint density at radius 2 is 2.25 bits per heavy atom. The summed E-state index contributed by atoms with van der Waals surface area (Å²) in [5.74, 6) is 3.18. The molecule has 1 saturated carbocycles. The SMILES string of the molecule is Cc1cc(C(C)NC(=O)C2NCC3CCCC32)c(C)o1. The van der Waals surface area contributed by atoms with Crippen molar-refractivity contribution in [3.8, 4) is 0 Å². The van der Waals surface area contributed by atoms with Gasteiger partial charge in [-0.25, -0.2) is 0 Å². The minimum absolute atomic E-state index is 0.00162. The molecule has 4 nitrogen and oxygen atoms in total. The van der Waals surface area contributed by atoms with Gasteiger partial charge in [0.1, 0.15) is 11.5 Å². The number of amides is 1. The van der Waals surface area contributed by atoms with E-state index in [9.17, 15) is 4.79 Å². The summed E-state index contributed by atoms with van der Waals surface area (Å²) in [7, 11) is 0. The Morgan fingerprint density at radius 1 is 1.45 bits per heavy atom. The summed E-state index contributed by atoms with van der Waals surface area (Å²) in [4.78, 5) is 12.5. The smallest absolute Gasteiger partial charge is 0.237 e. The maximum absolute atomic E-state index is 12.5. The molecule has 1 aromatic rings. The van der Waals surface area contributed by atoms with Crippen molar-refractivity contribution in [1.82, 2.24) is 10.6 Å². The van der Waals surface area contributed by atoms with Crippen LogP contribution < -0.4 is 10.6 Å². The van der Waals surface area contributed by atoms with Gasteiger partial charge < -0.3 is 15.1 Å². The van der Waals surface area contributed by atoms with Gasteiger partial charge in [0, 0.05) is 5.56 Å². The van der Waals surface area contributed by atoms with Crippen molar-refractivity contribution < 1.29 is 9.21 Å². The van der Waals surface area contributed by atoms with Gasteiger partial charge in [0.2, 0.25) is 5.91 Å². The summed E-state index contributed by atoms with van der Waals surface area (Å²) < 4.78 is 5.55. The number of rotatable bonds is 3. The highest BCUT2D eigenvalue weighted by molar-refractivity contribution is 5.83. The average molecular weight is 276 g/mol. The molecule has 1 aliphatic carbocycles. The normalized spacial score (nSPS) is 30.2. The minimum atomic E-state index is -0.00162. The molecular weight excluding hydrogens is 252 g/mol. The highest BCUT2D eigenvalue weighted by Crippen LogP contribution is 2.37. The van der Waals surface area contributed by atoms with E-state index < -0.39 is 0 Å². The number of nitrogens with one attached hydrogen (secondary N) is 2. The monoisotopic (exact) mass is 276 g/mol. The van der Waals surface area contributed by atoms with Crippen LogP contribution in [-0.2, 0) is 4.79 Å². The highest BCUT2D eigenvalue weighted by atomic mass is 16.3. The summed E-state index contributed by atoms with van der Waals surface area (Å²) in [6.07, 6.45) is 3.74. The van der Waals surface area contributed by atoms with Gasteiger partial charge in [-0.1, -0.05) is 6.42 Å². The minimum Gasteiger partial charge on any atom is -0.466 e. The third-order valence-electron chi connectivity index (χ3n) is 4.93. The van der Waals surface area contributed by atoms with E-state index in [2.05, 4.69) is 10.6 Å². The molecule has 0 radical (unpaired) electrons. The average Bonchev–Trinajstić information content (AvgIpc) is 3.03. The molecule has 4 heteroatoms. The largest absolute Gasteiger partial charge is 0.466 e. The van der Waals surface area contributed by atoms with Crippen molar-refractivity contribution in [3.05, 3.63) is 23.2 Å². The zero-order chi connectivity index (χ0) is 14.3. The predicted octanol–water partition coefficient (Wildman–Crippen LogP) is 2.46. The van der Waals surface area contributed by atoms with Crippen LogP contribution in [0, 0.1) is 25.7 Å². The van der Waals surface area contributed by atoms with Crippen molar-refractivity contribution in [3.63, 3.8) is 0 Å². The van der Waals surface area contributed by atoms with E-state index in [1.54, 1.807) is 0 Å². The molecule has 0 aromatic carbocycles. The maximum atomic E-state index is 12.5. The first-order valence-corrected chi connectivity index (χ1v) is 7.67. The second kappa shape index (κ2) is 5.24. The summed E-state index contributed by atoms with van der Waals surface area (Å²) in [6.45, 7) is 6.91. The van der Waals surface area contributed by atoms with Crippen molar-refractivity contribution in [2.24, 2.45) is 11.8 Å². The Morgan fingerprint density at radius 3 is 2.95 bits per heavy atom. The van der Waals surface area contributed by atoms with E-state index in [1.807, 2.05) is 26.8 Å². The Labute approximate surface area is 120 Å². The van der Waals surface area contributed by atoms with Gasteiger partial charge in [-0.3, -0.25) is 4.79 Å². The molecule has 1 amide bonds. The lowest BCUT2D eigenvalue weighted by Crippen LogP contribution is -2.44. The van der Waals surface area contributed by atoms with Gasteiger partial charge in [-0.2, -0.15) is 0 Å². The van der Waals surface area contributed by atoms with Crippen molar-refractivity contribution in [1.29, 1.82) is 0 Å². The number of carbonyl (C=O) groups is 1. The Hall–Kier alpha value is -1.29. The Bertz CT molecular complexity index is 509. The van der Waals surface area contributed by atoms with Crippen LogP contribution in [-0.4, -0.2) is 18.5 Å². The van der Waals surface area contributed by atoms with Crippen LogP contribution in [0.2, 0.25) is 0 Å². The third-order valence-corrected chi connectivity index (χ3v) is 4.93. The molecule has 2 aliphatic rings.